The first-order valence-electron chi connectivity index (χ1n) is 9.57. The maximum atomic E-state index is 13.5. The fourth-order valence-electron chi connectivity index (χ4n) is 3.70. The second-order valence-electron chi connectivity index (χ2n) is 7.08. The van der Waals surface area contributed by atoms with Gasteiger partial charge in [-0.15, -0.1) is 0 Å². The van der Waals surface area contributed by atoms with E-state index >= 15 is 0 Å². The Labute approximate surface area is 171 Å². The molecule has 2 N–H and O–H groups in total. The van der Waals surface area contributed by atoms with Crippen LogP contribution in [-0.4, -0.2) is 50.0 Å². The summed E-state index contributed by atoms with van der Waals surface area (Å²) < 4.78 is 33.3. The molecule has 1 fully saturated rings. The van der Waals surface area contributed by atoms with E-state index in [0.29, 0.717) is 31.7 Å². The van der Waals surface area contributed by atoms with Gasteiger partial charge in [-0.3, -0.25) is 4.79 Å². The molecule has 1 atom stereocenters. The molecule has 2 aromatic rings. The monoisotopic (exact) mass is 418 g/mol. The Bertz CT molecular complexity index is 910. The van der Waals surface area contributed by atoms with Gasteiger partial charge < -0.3 is 15.2 Å². The topological polar surface area (TPSA) is 95.9 Å². The van der Waals surface area contributed by atoms with E-state index < -0.39 is 22.0 Å². The lowest BCUT2D eigenvalue weighted by Gasteiger charge is -2.35. The molecule has 1 heterocycles. The number of carbonyl (C=O) groups is 1. The van der Waals surface area contributed by atoms with Crippen molar-refractivity contribution in [2.24, 2.45) is 5.92 Å². The predicted molar refractivity (Wildman–Crippen MR) is 109 cm³/mol. The van der Waals surface area contributed by atoms with Crippen molar-refractivity contribution in [1.82, 2.24) is 9.62 Å². The third-order valence-electron chi connectivity index (χ3n) is 5.24. The molecular formula is C21H26N2O5S. The van der Waals surface area contributed by atoms with Gasteiger partial charge >= 0.3 is 5.97 Å². The van der Waals surface area contributed by atoms with Crippen molar-refractivity contribution in [2.45, 2.75) is 30.3 Å². The fraction of sp³-hybridized carbons (Fsp3) is 0.381. The number of aliphatic carboxylic acids is 1. The number of nitrogens with one attached hydrogen (secondary N) is 1. The number of hydrogen-bond donors (Lipinski definition) is 2. The minimum Gasteiger partial charge on any atom is -0.497 e. The summed E-state index contributed by atoms with van der Waals surface area (Å²) >= 11 is 0. The normalized spacial score (nSPS) is 16.5. The Morgan fingerprint density at radius 1 is 1.14 bits per heavy atom. The van der Waals surface area contributed by atoms with Crippen LogP contribution in [0.5, 0.6) is 5.75 Å². The van der Waals surface area contributed by atoms with Crippen LogP contribution in [0.3, 0.4) is 0 Å². The minimum absolute atomic E-state index is 0.00387. The van der Waals surface area contributed by atoms with Gasteiger partial charge in [0, 0.05) is 6.54 Å². The highest BCUT2D eigenvalue weighted by atomic mass is 32.2. The van der Waals surface area contributed by atoms with Crippen molar-refractivity contribution < 1.29 is 23.1 Å². The van der Waals surface area contributed by atoms with Crippen LogP contribution in [0.25, 0.3) is 0 Å². The molecule has 7 nitrogen and oxygen atoms in total. The minimum atomic E-state index is -4.04. The average Bonchev–Trinajstić information content (AvgIpc) is 2.74. The van der Waals surface area contributed by atoms with Crippen molar-refractivity contribution in [3.05, 3.63) is 60.2 Å². The summed E-state index contributed by atoms with van der Waals surface area (Å²) in [6.07, 6.45) is 1.22. The Morgan fingerprint density at radius 3 is 2.31 bits per heavy atom. The highest BCUT2D eigenvalue weighted by Crippen LogP contribution is 2.29. The molecule has 1 unspecified atom stereocenters. The predicted octanol–water partition coefficient (Wildman–Crippen LogP) is 2.34. The summed E-state index contributed by atoms with van der Waals surface area (Å²) in [7, 11) is -2.54. The Hall–Kier alpha value is -2.42. The van der Waals surface area contributed by atoms with E-state index in [9.17, 15) is 18.3 Å². The highest BCUT2D eigenvalue weighted by Gasteiger charge is 2.41. The first-order chi connectivity index (χ1) is 13.9. The number of carboxylic acids is 1. The number of piperidine rings is 1. The first kappa shape index (κ1) is 21.3. The first-order valence-corrected chi connectivity index (χ1v) is 11.0. The van der Waals surface area contributed by atoms with E-state index in [1.807, 2.05) is 18.2 Å². The molecule has 1 aliphatic heterocycles. The molecule has 1 aliphatic rings. The van der Waals surface area contributed by atoms with Gasteiger partial charge in [-0.2, -0.15) is 4.31 Å². The SMILES string of the molecule is COc1ccc(S(=O)(=O)N(Cc2ccccc2)C(C(=O)O)C2CCNCC2)cc1. The van der Waals surface area contributed by atoms with Crippen molar-refractivity contribution in [1.29, 1.82) is 0 Å². The van der Waals surface area contributed by atoms with Crippen LogP contribution >= 0.6 is 0 Å². The smallest absolute Gasteiger partial charge is 0.322 e. The van der Waals surface area contributed by atoms with Gasteiger partial charge in [-0.1, -0.05) is 30.3 Å². The van der Waals surface area contributed by atoms with E-state index in [0.717, 1.165) is 9.87 Å². The Balaban J connectivity index is 2.03. The molecule has 0 saturated carbocycles. The molecule has 0 amide bonds. The van der Waals surface area contributed by atoms with Crippen molar-refractivity contribution in [3.63, 3.8) is 0 Å². The van der Waals surface area contributed by atoms with Crippen LogP contribution < -0.4 is 10.1 Å². The van der Waals surface area contributed by atoms with Gasteiger partial charge in [-0.25, -0.2) is 8.42 Å². The van der Waals surface area contributed by atoms with Crippen LogP contribution in [0.2, 0.25) is 0 Å². The quantitative estimate of drug-likeness (QED) is 0.683. The molecule has 0 spiro atoms. The van der Waals surface area contributed by atoms with Gasteiger partial charge in [0.2, 0.25) is 10.0 Å². The average molecular weight is 419 g/mol. The van der Waals surface area contributed by atoms with E-state index in [1.165, 1.54) is 19.2 Å². The summed E-state index contributed by atoms with van der Waals surface area (Å²) in [6.45, 7) is 1.35. The number of sulfonamides is 1. The van der Waals surface area contributed by atoms with E-state index in [-0.39, 0.29) is 17.4 Å². The lowest BCUT2D eigenvalue weighted by Crippen LogP contribution is -2.51. The van der Waals surface area contributed by atoms with Gasteiger partial charge in [0.05, 0.1) is 12.0 Å². The Morgan fingerprint density at radius 2 is 1.76 bits per heavy atom. The number of nitrogens with zero attached hydrogens (tertiary/aromatic N) is 1. The number of hydrogen-bond acceptors (Lipinski definition) is 5. The van der Waals surface area contributed by atoms with Crippen LogP contribution in [0.4, 0.5) is 0 Å². The van der Waals surface area contributed by atoms with Gasteiger partial charge in [-0.05, 0) is 61.7 Å². The van der Waals surface area contributed by atoms with Crippen LogP contribution in [0, 0.1) is 5.92 Å². The summed E-state index contributed by atoms with van der Waals surface area (Å²) in [5.41, 5.74) is 0.741. The number of carboxylic acid groups (broad SMARTS) is 1. The summed E-state index contributed by atoms with van der Waals surface area (Å²) in [5, 5.41) is 13.2. The maximum Gasteiger partial charge on any atom is 0.322 e. The van der Waals surface area contributed by atoms with Crippen molar-refractivity contribution in [2.75, 3.05) is 20.2 Å². The van der Waals surface area contributed by atoms with Gasteiger partial charge in [0.15, 0.2) is 0 Å². The third kappa shape index (κ3) is 4.95. The van der Waals surface area contributed by atoms with Gasteiger partial charge in [0.25, 0.3) is 0 Å². The second kappa shape index (κ2) is 9.39. The molecule has 8 heteroatoms. The number of ether oxygens (including phenoxy) is 1. The third-order valence-corrected chi connectivity index (χ3v) is 7.08. The van der Waals surface area contributed by atoms with Crippen LogP contribution in [-0.2, 0) is 21.4 Å². The fourth-order valence-corrected chi connectivity index (χ4v) is 5.33. The van der Waals surface area contributed by atoms with E-state index in [4.69, 9.17) is 4.74 Å². The molecule has 0 aliphatic carbocycles. The van der Waals surface area contributed by atoms with E-state index in [1.54, 1.807) is 24.3 Å². The molecule has 0 aromatic heterocycles. The lowest BCUT2D eigenvalue weighted by molar-refractivity contribution is -0.144. The van der Waals surface area contributed by atoms with E-state index in [2.05, 4.69) is 5.32 Å². The number of rotatable bonds is 8. The van der Waals surface area contributed by atoms with Crippen molar-refractivity contribution in [3.8, 4) is 5.75 Å². The standard InChI is InChI=1S/C21H26N2O5S/c1-28-18-7-9-19(10-8-18)29(26,27)23(15-16-5-3-2-4-6-16)20(21(24)25)17-11-13-22-14-12-17/h2-10,17,20,22H,11-15H2,1H3,(H,24,25). The van der Waals surface area contributed by atoms with Crippen molar-refractivity contribution >= 4 is 16.0 Å². The molecule has 0 radical (unpaired) electrons. The molecule has 3 rings (SSSR count). The van der Waals surface area contributed by atoms with Gasteiger partial charge in [0.1, 0.15) is 11.8 Å². The summed E-state index contributed by atoms with van der Waals surface area (Å²) in [4.78, 5) is 12.3. The van der Waals surface area contributed by atoms with Crippen LogP contribution in [0.15, 0.2) is 59.5 Å². The lowest BCUT2D eigenvalue weighted by atomic mass is 9.90. The molecule has 2 aromatic carbocycles. The maximum absolute atomic E-state index is 13.5. The van der Waals surface area contributed by atoms with Crippen LogP contribution in [0.1, 0.15) is 18.4 Å². The zero-order valence-corrected chi connectivity index (χ0v) is 17.1. The molecule has 29 heavy (non-hydrogen) atoms. The second-order valence-corrected chi connectivity index (χ2v) is 8.97. The molecule has 1 saturated heterocycles. The Kier molecular flexibility index (Phi) is 6.89. The number of methoxy groups -OCH3 is 1. The molecule has 0 bridgehead atoms. The summed E-state index contributed by atoms with van der Waals surface area (Å²) in [5.74, 6) is -0.845. The highest BCUT2D eigenvalue weighted by molar-refractivity contribution is 7.89. The zero-order chi connectivity index (χ0) is 20.9. The zero-order valence-electron chi connectivity index (χ0n) is 16.3. The number of benzene rings is 2. The molecular weight excluding hydrogens is 392 g/mol. The molecule has 156 valence electrons. The summed E-state index contributed by atoms with van der Waals surface area (Å²) in [6, 6.07) is 14.0. The largest absolute Gasteiger partial charge is 0.497 e.